The third-order valence-electron chi connectivity index (χ3n) is 3.04. The number of hydrogen-bond acceptors (Lipinski definition) is 2. The highest BCUT2D eigenvalue weighted by molar-refractivity contribution is 14.0. The Balaban J connectivity index is 0.00000264. The van der Waals surface area contributed by atoms with E-state index in [9.17, 15) is 0 Å². The molecule has 0 saturated heterocycles. The summed E-state index contributed by atoms with van der Waals surface area (Å²) in [5.41, 5.74) is 8.04. The second-order valence-corrected chi connectivity index (χ2v) is 5.42. The second kappa shape index (κ2) is 10.1. The number of nitrogens with zero attached hydrogens (tertiary/aromatic N) is 1. The minimum atomic E-state index is 0. The van der Waals surface area contributed by atoms with Crippen LogP contribution in [0.25, 0.3) is 0 Å². The summed E-state index contributed by atoms with van der Waals surface area (Å²) in [6.07, 6.45) is 0. The summed E-state index contributed by atoms with van der Waals surface area (Å²) in [7, 11) is 0. The minimum absolute atomic E-state index is 0. The van der Waals surface area contributed by atoms with E-state index < -0.39 is 0 Å². The van der Waals surface area contributed by atoms with Gasteiger partial charge in [0.25, 0.3) is 0 Å². The molecule has 23 heavy (non-hydrogen) atoms. The van der Waals surface area contributed by atoms with Crippen LogP contribution in [-0.4, -0.2) is 12.0 Å². The molecule has 0 spiro atoms. The van der Waals surface area contributed by atoms with Crippen molar-refractivity contribution in [2.75, 3.05) is 0 Å². The van der Waals surface area contributed by atoms with Crippen molar-refractivity contribution in [3.63, 3.8) is 0 Å². The summed E-state index contributed by atoms with van der Waals surface area (Å²) in [6.45, 7) is 5.20. The summed E-state index contributed by atoms with van der Waals surface area (Å²) in [4.78, 5) is 4.31. The molecule has 0 amide bonds. The number of halogens is 1. The number of guanidine groups is 1. The molecule has 2 aromatic carbocycles. The van der Waals surface area contributed by atoms with Crippen molar-refractivity contribution in [1.29, 1.82) is 0 Å². The zero-order chi connectivity index (χ0) is 15.8. The van der Waals surface area contributed by atoms with Crippen molar-refractivity contribution in [3.8, 4) is 5.75 Å². The average Bonchev–Trinajstić information content (AvgIpc) is 2.52. The number of benzene rings is 2. The minimum Gasteiger partial charge on any atom is -0.489 e. The summed E-state index contributed by atoms with van der Waals surface area (Å²) in [6, 6.07) is 18.3. The second-order valence-electron chi connectivity index (χ2n) is 5.42. The molecule has 0 unspecified atom stereocenters. The van der Waals surface area contributed by atoms with E-state index in [1.165, 1.54) is 0 Å². The average molecular weight is 425 g/mol. The highest BCUT2D eigenvalue weighted by Crippen LogP contribution is 2.12. The molecule has 0 aliphatic heterocycles. The fourth-order valence-corrected chi connectivity index (χ4v) is 1.94. The molecule has 2 aromatic rings. The van der Waals surface area contributed by atoms with E-state index in [-0.39, 0.29) is 24.0 Å². The molecule has 0 atom stereocenters. The molecular formula is C18H24IN3O. The van der Waals surface area contributed by atoms with Gasteiger partial charge in [-0.1, -0.05) is 42.5 Å². The van der Waals surface area contributed by atoms with E-state index in [2.05, 4.69) is 34.6 Å². The Bertz CT molecular complexity index is 597. The third kappa shape index (κ3) is 7.36. The van der Waals surface area contributed by atoms with Crippen LogP contribution in [0.2, 0.25) is 0 Å². The lowest BCUT2D eigenvalue weighted by molar-refractivity contribution is 0.306. The quantitative estimate of drug-likeness (QED) is 0.422. The zero-order valence-electron chi connectivity index (χ0n) is 13.5. The van der Waals surface area contributed by atoms with Gasteiger partial charge in [0, 0.05) is 6.04 Å². The number of hydrogen-bond donors (Lipinski definition) is 2. The lowest BCUT2D eigenvalue weighted by Crippen LogP contribution is -2.36. The van der Waals surface area contributed by atoms with Crippen LogP contribution in [0.3, 0.4) is 0 Å². The Morgan fingerprint density at radius 3 is 2.26 bits per heavy atom. The highest BCUT2D eigenvalue weighted by atomic mass is 127. The first kappa shape index (κ1) is 19.3. The summed E-state index contributed by atoms with van der Waals surface area (Å²) < 4.78 is 5.72. The van der Waals surface area contributed by atoms with Gasteiger partial charge in [-0.05, 0) is 37.1 Å². The fraction of sp³-hybridized carbons (Fsp3) is 0.278. The molecule has 0 aliphatic rings. The number of nitrogens with two attached hydrogens (primary N) is 1. The molecular weight excluding hydrogens is 401 g/mol. The van der Waals surface area contributed by atoms with Crippen molar-refractivity contribution < 1.29 is 4.74 Å². The first-order chi connectivity index (χ1) is 10.6. The third-order valence-corrected chi connectivity index (χ3v) is 3.04. The smallest absolute Gasteiger partial charge is 0.189 e. The molecule has 0 aromatic heterocycles. The van der Waals surface area contributed by atoms with E-state index in [0.29, 0.717) is 25.2 Å². The van der Waals surface area contributed by atoms with Crippen LogP contribution < -0.4 is 15.8 Å². The summed E-state index contributed by atoms with van der Waals surface area (Å²) >= 11 is 0. The van der Waals surface area contributed by atoms with Crippen LogP contribution in [-0.2, 0) is 13.2 Å². The lowest BCUT2D eigenvalue weighted by atomic mass is 10.1. The number of rotatable bonds is 6. The van der Waals surface area contributed by atoms with E-state index in [4.69, 9.17) is 10.5 Å². The molecule has 0 fully saturated rings. The standard InChI is InChI=1S/C18H23N3O.HI/c1-14(2)21-18(19)20-12-15-8-10-16(11-9-15)13-22-17-6-4-3-5-7-17;/h3-11,14H,12-13H2,1-2H3,(H3,19,20,21);1H. The van der Waals surface area contributed by atoms with E-state index >= 15 is 0 Å². The molecule has 4 nitrogen and oxygen atoms in total. The van der Waals surface area contributed by atoms with Gasteiger partial charge in [0.05, 0.1) is 6.54 Å². The lowest BCUT2D eigenvalue weighted by Gasteiger charge is -2.09. The Morgan fingerprint density at radius 1 is 1.04 bits per heavy atom. The number of nitrogens with one attached hydrogen (secondary N) is 1. The number of aliphatic imine (C=N–C) groups is 1. The monoisotopic (exact) mass is 425 g/mol. The van der Waals surface area contributed by atoms with Gasteiger partial charge in [-0.25, -0.2) is 4.99 Å². The molecule has 0 heterocycles. The van der Waals surface area contributed by atoms with Crippen molar-refractivity contribution in [2.45, 2.75) is 33.0 Å². The maximum absolute atomic E-state index is 5.78. The van der Waals surface area contributed by atoms with Crippen molar-refractivity contribution in [2.24, 2.45) is 10.7 Å². The Kier molecular flexibility index (Phi) is 8.47. The normalized spacial score (nSPS) is 11.0. The molecule has 3 N–H and O–H groups in total. The maximum Gasteiger partial charge on any atom is 0.189 e. The molecule has 0 bridgehead atoms. The van der Waals surface area contributed by atoms with Crippen LogP contribution >= 0.6 is 24.0 Å². The Labute approximate surface area is 155 Å². The van der Waals surface area contributed by atoms with Gasteiger partial charge in [-0.3, -0.25) is 0 Å². The molecule has 0 aliphatic carbocycles. The first-order valence-corrected chi connectivity index (χ1v) is 7.45. The molecule has 124 valence electrons. The highest BCUT2D eigenvalue weighted by Gasteiger charge is 1.98. The van der Waals surface area contributed by atoms with Gasteiger partial charge in [0.1, 0.15) is 12.4 Å². The van der Waals surface area contributed by atoms with Crippen molar-refractivity contribution in [1.82, 2.24) is 5.32 Å². The fourth-order valence-electron chi connectivity index (χ4n) is 1.94. The topological polar surface area (TPSA) is 59.6 Å². The Morgan fingerprint density at radius 2 is 1.65 bits per heavy atom. The van der Waals surface area contributed by atoms with Crippen LogP contribution in [0.5, 0.6) is 5.75 Å². The van der Waals surface area contributed by atoms with Crippen LogP contribution in [0.15, 0.2) is 59.6 Å². The number of para-hydroxylation sites is 1. The van der Waals surface area contributed by atoms with Crippen LogP contribution in [0.4, 0.5) is 0 Å². The van der Waals surface area contributed by atoms with Crippen LogP contribution in [0, 0.1) is 0 Å². The van der Waals surface area contributed by atoms with Gasteiger partial charge >= 0.3 is 0 Å². The van der Waals surface area contributed by atoms with Crippen LogP contribution in [0.1, 0.15) is 25.0 Å². The summed E-state index contributed by atoms with van der Waals surface area (Å²) in [5, 5.41) is 3.07. The van der Waals surface area contributed by atoms with Gasteiger partial charge in [0.15, 0.2) is 5.96 Å². The first-order valence-electron chi connectivity index (χ1n) is 7.45. The van der Waals surface area contributed by atoms with Gasteiger partial charge < -0.3 is 15.8 Å². The predicted octanol–water partition coefficient (Wildman–Crippen LogP) is 3.70. The zero-order valence-corrected chi connectivity index (χ0v) is 15.9. The van der Waals surface area contributed by atoms with Gasteiger partial charge in [-0.2, -0.15) is 0 Å². The SMILES string of the molecule is CC(C)NC(N)=NCc1ccc(COc2ccccc2)cc1.I. The van der Waals surface area contributed by atoms with Crippen molar-refractivity contribution >= 4 is 29.9 Å². The molecule has 5 heteroatoms. The largest absolute Gasteiger partial charge is 0.489 e. The predicted molar refractivity (Wildman–Crippen MR) is 106 cm³/mol. The Hall–Kier alpha value is -1.76. The maximum atomic E-state index is 5.78. The van der Waals surface area contributed by atoms with E-state index in [1.807, 2.05) is 44.2 Å². The molecule has 2 rings (SSSR count). The molecule has 0 saturated carbocycles. The van der Waals surface area contributed by atoms with Gasteiger partial charge in [0.2, 0.25) is 0 Å². The van der Waals surface area contributed by atoms with Gasteiger partial charge in [-0.15, -0.1) is 24.0 Å². The van der Waals surface area contributed by atoms with E-state index in [0.717, 1.165) is 16.9 Å². The molecule has 0 radical (unpaired) electrons. The van der Waals surface area contributed by atoms with E-state index in [1.54, 1.807) is 0 Å². The van der Waals surface area contributed by atoms with Crippen molar-refractivity contribution in [3.05, 3.63) is 65.7 Å². The summed E-state index contributed by atoms with van der Waals surface area (Å²) in [5.74, 6) is 1.36. The number of ether oxygens (including phenoxy) is 1.